The van der Waals surface area contributed by atoms with Crippen LogP contribution in [0, 0.1) is 18.0 Å². The summed E-state index contributed by atoms with van der Waals surface area (Å²) in [5.74, 6) is 3.19. The first-order valence-electron chi connectivity index (χ1n) is 7.13. The Balaban J connectivity index is 2.09. The molecule has 2 nitrogen and oxygen atoms in total. The van der Waals surface area contributed by atoms with Gasteiger partial charge in [-0.15, -0.1) is 5.54 Å². The largest absolute Gasteiger partial charge is 0.289 e. The number of carbonyl (C=O) groups excluding carboxylic acids is 1. The minimum Gasteiger partial charge on any atom is -0.289 e. The van der Waals surface area contributed by atoms with Crippen LogP contribution in [0.3, 0.4) is 0 Å². The topological polar surface area (TPSA) is 21.4 Å². The van der Waals surface area contributed by atoms with Gasteiger partial charge in [0.2, 0.25) is 0 Å². The zero-order valence-electron chi connectivity index (χ0n) is 12.8. The molecule has 0 saturated heterocycles. The maximum absolute atomic E-state index is 12.6. The van der Waals surface area contributed by atoms with E-state index in [1.54, 1.807) is 12.1 Å². The van der Waals surface area contributed by atoms with E-state index in [9.17, 15) is 4.79 Å². The van der Waals surface area contributed by atoms with Crippen LogP contribution < -0.4 is 0 Å². The highest BCUT2D eigenvalue weighted by molar-refractivity contribution is 6.83. The van der Waals surface area contributed by atoms with E-state index in [1.165, 1.54) is 0 Å². The highest BCUT2D eigenvalue weighted by Gasteiger charge is 2.26. The van der Waals surface area contributed by atoms with E-state index in [0.717, 1.165) is 16.7 Å². The fourth-order valence-electron chi connectivity index (χ4n) is 2.47. The van der Waals surface area contributed by atoms with Crippen LogP contribution in [0.1, 0.15) is 21.5 Å². The van der Waals surface area contributed by atoms with Crippen molar-refractivity contribution in [3.63, 3.8) is 0 Å². The normalized spacial score (nSPS) is 12.0. The molecule has 0 radical (unpaired) electrons. The second-order valence-electron chi connectivity index (χ2n) is 6.43. The SMILES string of the molecule is [C-]#[N+]c1ccc2c(c1)C(=O)c1cc(C#C[Si](C)(C)C)ccc1-2. The maximum atomic E-state index is 12.6. The fourth-order valence-corrected chi connectivity index (χ4v) is 2.99. The zero-order valence-corrected chi connectivity index (χ0v) is 13.8. The number of ketones is 1. The molecular formula is C19H15NOSi. The molecule has 106 valence electrons. The summed E-state index contributed by atoms with van der Waals surface area (Å²) in [6, 6.07) is 11.1. The van der Waals surface area contributed by atoms with Crippen molar-refractivity contribution in [3.05, 3.63) is 64.5 Å². The third kappa shape index (κ3) is 2.48. The van der Waals surface area contributed by atoms with Crippen LogP contribution in [0.25, 0.3) is 16.0 Å². The van der Waals surface area contributed by atoms with Crippen LogP contribution in [0.4, 0.5) is 5.69 Å². The molecule has 2 aromatic rings. The Morgan fingerprint density at radius 2 is 1.59 bits per heavy atom. The van der Waals surface area contributed by atoms with Crippen LogP contribution >= 0.6 is 0 Å². The second kappa shape index (κ2) is 4.98. The third-order valence-electron chi connectivity index (χ3n) is 3.51. The molecule has 0 aromatic heterocycles. The molecule has 0 saturated carbocycles. The number of benzene rings is 2. The van der Waals surface area contributed by atoms with E-state index in [2.05, 4.69) is 36.0 Å². The fraction of sp³-hybridized carbons (Fsp3) is 0.158. The molecule has 22 heavy (non-hydrogen) atoms. The Morgan fingerprint density at radius 3 is 2.23 bits per heavy atom. The van der Waals surface area contributed by atoms with Gasteiger partial charge in [0.05, 0.1) is 6.57 Å². The summed E-state index contributed by atoms with van der Waals surface area (Å²) in [5, 5.41) is 0. The van der Waals surface area contributed by atoms with Gasteiger partial charge in [-0.25, -0.2) is 4.85 Å². The number of hydrogen-bond donors (Lipinski definition) is 0. The molecule has 0 unspecified atom stereocenters. The molecule has 2 aromatic carbocycles. The van der Waals surface area contributed by atoms with Crippen LogP contribution in [-0.4, -0.2) is 13.9 Å². The van der Waals surface area contributed by atoms with Crippen molar-refractivity contribution < 1.29 is 4.79 Å². The lowest BCUT2D eigenvalue weighted by molar-refractivity contribution is 0.104. The molecule has 0 heterocycles. The van der Waals surface area contributed by atoms with Gasteiger partial charge < -0.3 is 0 Å². The van der Waals surface area contributed by atoms with E-state index < -0.39 is 8.07 Å². The van der Waals surface area contributed by atoms with E-state index in [4.69, 9.17) is 6.57 Å². The summed E-state index contributed by atoms with van der Waals surface area (Å²) in [5.41, 5.74) is 7.87. The predicted molar refractivity (Wildman–Crippen MR) is 91.8 cm³/mol. The maximum Gasteiger partial charge on any atom is 0.193 e. The number of nitrogens with zero attached hydrogens (tertiary/aromatic N) is 1. The van der Waals surface area contributed by atoms with Crippen LogP contribution in [0.15, 0.2) is 36.4 Å². The Labute approximate surface area is 131 Å². The first-order chi connectivity index (χ1) is 10.4. The highest BCUT2D eigenvalue weighted by atomic mass is 28.3. The van der Waals surface area contributed by atoms with Crippen LogP contribution in [0.5, 0.6) is 0 Å². The van der Waals surface area contributed by atoms with Crippen molar-refractivity contribution in [1.29, 1.82) is 0 Å². The lowest BCUT2D eigenvalue weighted by atomic mass is 10.0. The molecule has 0 N–H and O–H groups in total. The minimum atomic E-state index is -1.44. The molecule has 0 fully saturated rings. The van der Waals surface area contributed by atoms with Gasteiger partial charge >= 0.3 is 0 Å². The summed E-state index contributed by atoms with van der Waals surface area (Å²) in [6.07, 6.45) is 0. The number of carbonyl (C=O) groups is 1. The van der Waals surface area contributed by atoms with Crippen LogP contribution in [-0.2, 0) is 0 Å². The van der Waals surface area contributed by atoms with E-state index >= 15 is 0 Å². The summed E-state index contributed by atoms with van der Waals surface area (Å²) < 4.78 is 0. The van der Waals surface area contributed by atoms with Gasteiger partial charge in [0.25, 0.3) is 0 Å². The molecule has 1 aliphatic carbocycles. The Kier molecular flexibility index (Phi) is 3.24. The lowest BCUT2D eigenvalue weighted by Gasteiger charge is -2.04. The van der Waals surface area contributed by atoms with Crippen molar-refractivity contribution in [2.24, 2.45) is 0 Å². The van der Waals surface area contributed by atoms with Crippen molar-refractivity contribution in [1.82, 2.24) is 0 Å². The van der Waals surface area contributed by atoms with E-state index in [-0.39, 0.29) is 5.78 Å². The second-order valence-corrected chi connectivity index (χ2v) is 11.2. The highest BCUT2D eigenvalue weighted by Crippen LogP contribution is 2.38. The smallest absolute Gasteiger partial charge is 0.193 e. The van der Waals surface area contributed by atoms with Gasteiger partial charge in [-0.1, -0.05) is 43.8 Å². The molecule has 0 amide bonds. The summed E-state index contributed by atoms with van der Waals surface area (Å²) in [6.45, 7) is 13.7. The van der Waals surface area contributed by atoms with Crippen molar-refractivity contribution in [2.75, 3.05) is 0 Å². The number of rotatable bonds is 0. The van der Waals surface area contributed by atoms with Gasteiger partial charge in [0, 0.05) is 16.7 Å². The van der Waals surface area contributed by atoms with Crippen molar-refractivity contribution in [2.45, 2.75) is 19.6 Å². The average Bonchev–Trinajstić information content (AvgIpc) is 2.77. The number of fused-ring (bicyclic) bond motifs is 3. The summed E-state index contributed by atoms with van der Waals surface area (Å²) in [7, 11) is -1.44. The minimum absolute atomic E-state index is 0.00727. The van der Waals surface area contributed by atoms with E-state index in [0.29, 0.717) is 16.8 Å². The molecule has 0 bridgehead atoms. The average molecular weight is 301 g/mol. The first kappa shape index (κ1) is 14.3. The molecule has 0 atom stereocenters. The summed E-state index contributed by atoms with van der Waals surface area (Å²) >= 11 is 0. The van der Waals surface area contributed by atoms with Crippen molar-refractivity contribution in [3.8, 4) is 22.6 Å². The molecule has 3 rings (SSSR count). The Morgan fingerprint density at radius 1 is 0.955 bits per heavy atom. The quantitative estimate of drug-likeness (QED) is 0.336. The monoisotopic (exact) mass is 301 g/mol. The zero-order chi connectivity index (χ0) is 15.9. The summed E-state index contributed by atoms with van der Waals surface area (Å²) in [4.78, 5) is 16.0. The molecule has 1 aliphatic rings. The van der Waals surface area contributed by atoms with Gasteiger partial charge in [-0.2, -0.15) is 0 Å². The number of hydrogen-bond acceptors (Lipinski definition) is 1. The Bertz CT molecular complexity index is 902. The molecule has 0 spiro atoms. The van der Waals surface area contributed by atoms with Crippen LogP contribution in [0.2, 0.25) is 19.6 Å². The standard InChI is InChI=1S/C19H15NOSi/c1-20-14-6-8-16-15-7-5-13(9-10-22(2,3)4)11-17(15)19(21)18(16)12-14/h5-8,11-12H,2-4H3. The van der Waals surface area contributed by atoms with Gasteiger partial charge in [0.15, 0.2) is 11.5 Å². The van der Waals surface area contributed by atoms with Gasteiger partial charge in [-0.05, 0) is 29.3 Å². The molecule has 3 heteroatoms. The van der Waals surface area contributed by atoms with Crippen molar-refractivity contribution >= 4 is 19.5 Å². The molecule has 0 aliphatic heterocycles. The Hall–Kier alpha value is -2.62. The van der Waals surface area contributed by atoms with Gasteiger partial charge in [-0.3, -0.25) is 4.79 Å². The van der Waals surface area contributed by atoms with Gasteiger partial charge in [0.1, 0.15) is 8.07 Å². The van der Waals surface area contributed by atoms with E-state index in [1.807, 2.05) is 24.3 Å². The molecular weight excluding hydrogens is 286 g/mol. The first-order valence-corrected chi connectivity index (χ1v) is 10.6. The predicted octanol–water partition coefficient (Wildman–Crippen LogP) is 4.68. The lowest BCUT2D eigenvalue weighted by Crippen LogP contribution is -2.16. The third-order valence-corrected chi connectivity index (χ3v) is 4.39.